The van der Waals surface area contributed by atoms with Crippen LogP contribution in [-0.4, -0.2) is 9.30 Å². The van der Waals surface area contributed by atoms with Crippen molar-refractivity contribution in [1.29, 1.82) is 0 Å². The third-order valence-electron chi connectivity index (χ3n) is 5.52. The Morgan fingerprint density at radius 3 is 1.59 bits per heavy atom. The second-order valence-electron chi connectivity index (χ2n) is 7.78. The van der Waals surface area contributed by atoms with Gasteiger partial charge in [-0.25, -0.2) is 0 Å². The Morgan fingerprint density at radius 2 is 1.12 bits per heavy atom. The Bertz CT molecular complexity index is 1360. The van der Waals surface area contributed by atoms with Crippen LogP contribution in [0.5, 0.6) is 11.5 Å². The van der Waals surface area contributed by atoms with E-state index in [4.69, 9.17) is 6.64 Å². The summed E-state index contributed by atoms with van der Waals surface area (Å²) in [5, 5.41) is 4.59. The van der Waals surface area contributed by atoms with Crippen LogP contribution in [0.25, 0.3) is 21.5 Å². The summed E-state index contributed by atoms with van der Waals surface area (Å²) in [5.41, 5.74) is 3.25. The maximum atomic E-state index is 6.65. The van der Waals surface area contributed by atoms with E-state index in [2.05, 4.69) is 71.7 Å². The summed E-state index contributed by atoms with van der Waals surface area (Å²) in [6, 6.07) is 30.9. The maximum Gasteiger partial charge on any atom is -0.147 e. The minimum Gasteiger partial charge on any atom is -0.147 e. The van der Waals surface area contributed by atoms with Crippen LogP contribution in [0.15, 0.2) is 97.2 Å². The zero-order chi connectivity index (χ0) is 21.9. The predicted molar refractivity (Wildman–Crippen MR) is 143 cm³/mol. The minimum absolute atomic E-state index is 0. The van der Waals surface area contributed by atoms with E-state index >= 15 is 0 Å². The van der Waals surface area contributed by atoms with Crippen LogP contribution in [0.2, 0.25) is 0 Å². The van der Waals surface area contributed by atoms with Crippen LogP contribution in [0.4, 0.5) is 0 Å². The number of pyridine rings is 1. The standard InChI is InChI=1S/2C11H10O.C6H5N.2ClH.Ti/c2*1-8-4-2-5-9-6-3-7-10(12)11(8)9;1-6-4-2-3-5-7-6;;;/h2*2-7,12H,1H3;1-5H;2*1H;/q;;;;;+2/p-2. The largest absolute Gasteiger partial charge is 0.147 e. The molecule has 0 saturated heterocycles. The molecule has 0 aliphatic heterocycles. The molecule has 5 rings (SSSR count). The first-order valence-electron chi connectivity index (χ1n) is 10.6. The first-order valence-corrected chi connectivity index (χ1v) is 12.8. The molecule has 0 radical (unpaired) electrons. The Balaban J connectivity index is 0.00000162. The van der Waals surface area contributed by atoms with Gasteiger partial charge in [0.1, 0.15) is 0 Å². The third kappa shape index (κ3) is 5.51. The summed E-state index contributed by atoms with van der Waals surface area (Å²) in [5.74, 6) is 1.72. The van der Waals surface area contributed by atoms with Gasteiger partial charge in [-0.3, -0.25) is 0 Å². The molecule has 6 heteroatoms. The first kappa shape index (κ1) is 25.9. The molecule has 0 fully saturated rings. The molecule has 5 aromatic rings. The van der Waals surface area contributed by atoms with Crippen LogP contribution >= 0.6 is 24.8 Å². The number of hydrogen-bond donors (Lipinski definition) is 0. The van der Waals surface area contributed by atoms with Crippen LogP contribution in [0.1, 0.15) is 16.8 Å². The van der Waals surface area contributed by atoms with E-state index in [0.29, 0.717) is 0 Å². The number of fused-ring (bicyclic) bond motifs is 2. The van der Waals surface area contributed by atoms with Gasteiger partial charge in [-0.05, 0) is 0 Å². The maximum absolute atomic E-state index is 6.65. The van der Waals surface area contributed by atoms with Gasteiger partial charge < -0.3 is 0 Å². The second-order valence-corrected chi connectivity index (χ2v) is 9.87. The van der Waals surface area contributed by atoms with Crippen LogP contribution in [0, 0.1) is 13.8 Å². The number of rotatable bonds is 5. The van der Waals surface area contributed by atoms with Crippen LogP contribution < -0.4 is 6.64 Å². The summed E-state index contributed by atoms with van der Waals surface area (Å²) in [6.07, 6.45) is 1.80. The summed E-state index contributed by atoms with van der Waals surface area (Å²) < 4.78 is 15.4. The third-order valence-corrected chi connectivity index (χ3v) is 7.67. The van der Waals surface area contributed by atoms with E-state index in [0.717, 1.165) is 28.0 Å². The first-order chi connectivity index (χ1) is 15.7. The van der Waals surface area contributed by atoms with E-state index in [1.54, 1.807) is 6.20 Å². The van der Waals surface area contributed by atoms with Gasteiger partial charge in [-0.2, -0.15) is 0 Å². The number of hydrogen-bond acceptors (Lipinski definition) is 3. The number of aromatic nitrogens is 1. The van der Waals surface area contributed by atoms with Crippen molar-refractivity contribution in [1.82, 2.24) is 4.98 Å². The topological polar surface area (TPSA) is 31.4 Å². The molecule has 0 saturated carbocycles. The molecule has 4 aromatic carbocycles. The zero-order valence-corrected chi connectivity index (χ0v) is 22.1. The molecule has 0 spiro atoms. The molecule has 0 amide bonds. The van der Waals surface area contributed by atoms with E-state index < -0.39 is 18.2 Å². The fourth-order valence-electron chi connectivity index (χ4n) is 4.03. The second kappa shape index (κ2) is 11.6. The molecule has 0 atom stereocenters. The molecule has 172 valence electrons. The molecule has 0 aliphatic rings. The minimum atomic E-state index is -2.70. The van der Waals surface area contributed by atoms with Crippen molar-refractivity contribution in [2.75, 3.05) is 0 Å². The summed E-state index contributed by atoms with van der Waals surface area (Å²) in [4.78, 5) is 4.49. The number of nitrogens with zero attached hydrogens (tertiary/aromatic N) is 1. The SMILES string of the molecule is Cc1cccc2cccc([O][Ti](=[CH]c3ccccn3)[O]c3cccc4cccc(C)c34)c12.Cl.Cl. The van der Waals surface area contributed by atoms with Crippen molar-refractivity contribution in [3.63, 3.8) is 0 Å². The van der Waals surface area contributed by atoms with Gasteiger partial charge in [0, 0.05) is 0 Å². The van der Waals surface area contributed by atoms with Gasteiger partial charge in [0.05, 0.1) is 0 Å². The Labute approximate surface area is 218 Å². The van der Waals surface area contributed by atoms with Gasteiger partial charge in [-0.1, -0.05) is 0 Å². The van der Waals surface area contributed by atoms with Crippen molar-refractivity contribution in [3.8, 4) is 11.5 Å². The predicted octanol–water partition coefficient (Wildman–Crippen LogP) is 7.60. The van der Waals surface area contributed by atoms with Gasteiger partial charge in [0.15, 0.2) is 0 Å². The molecule has 0 unspecified atom stereocenters. The molecule has 1 heterocycles. The Morgan fingerprint density at radius 1 is 0.618 bits per heavy atom. The number of halogens is 2. The van der Waals surface area contributed by atoms with E-state index in [-0.39, 0.29) is 24.8 Å². The van der Waals surface area contributed by atoms with Crippen LogP contribution in [-0.2, 0) is 18.2 Å². The van der Waals surface area contributed by atoms with Crippen molar-refractivity contribution >= 4 is 50.7 Å². The molecule has 1 aromatic heterocycles. The average Bonchev–Trinajstić information content (AvgIpc) is 2.80. The van der Waals surface area contributed by atoms with E-state index in [9.17, 15) is 0 Å². The van der Waals surface area contributed by atoms with Crippen molar-refractivity contribution in [3.05, 3.63) is 114 Å². The monoisotopic (exact) mass is 525 g/mol. The van der Waals surface area contributed by atoms with Gasteiger partial charge >= 0.3 is 195 Å². The Hall–Kier alpha value is -2.69. The molecule has 3 nitrogen and oxygen atoms in total. The van der Waals surface area contributed by atoms with Gasteiger partial charge in [-0.15, -0.1) is 24.8 Å². The van der Waals surface area contributed by atoms with E-state index in [1.165, 1.54) is 21.9 Å². The normalized spacial score (nSPS) is 10.2. The fraction of sp³-hybridized carbons (Fsp3) is 0.0714. The molecular formula is C28H25Cl2NO2Ti. The summed E-state index contributed by atoms with van der Waals surface area (Å²) in [6.45, 7) is 4.23. The van der Waals surface area contributed by atoms with Gasteiger partial charge in [0.2, 0.25) is 0 Å². The molecule has 0 bridgehead atoms. The van der Waals surface area contributed by atoms with Crippen LogP contribution in [0.3, 0.4) is 0 Å². The van der Waals surface area contributed by atoms with Crippen molar-refractivity contribution in [2.45, 2.75) is 13.8 Å². The molecule has 0 N–H and O–H groups in total. The van der Waals surface area contributed by atoms with Gasteiger partial charge in [0.25, 0.3) is 0 Å². The average molecular weight is 526 g/mol. The molecule has 0 aliphatic carbocycles. The fourth-order valence-corrected chi connectivity index (χ4v) is 6.13. The van der Waals surface area contributed by atoms with Crippen molar-refractivity contribution < 1.29 is 24.8 Å². The summed E-state index contributed by atoms with van der Waals surface area (Å²) in [7, 11) is 0. The summed E-state index contributed by atoms with van der Waals surface area (Å²) >= 11 is -2.70. The quantitative estimate of drug-likeness (QED) is 0.221. The molecular weight excluding hydrogens is 501 g/mol. The smallest absolute Gasteiger partial charge is 0.147 e. The van der Waals surface area contributed by atoms with Crippen molar-refractivity contribution in [2.24, 2.45) is 0 Å². The zero-order valence-electron chi connectivity index (χ0n) is 18.9. The van der Waals surface area contributed by atoms with E-state index in [1.807, 2.05) is 42.5 Å². The number of aryl methyl sites for hydroxylation is 2. The molecule has 34 heavy (non-hydrogen) atoms. The number of benzene rings is 4. The Kier molecular flexibility index (Phi) is 8.87.